The third-order valence-corrected chi connectivity index (χ3v) is 3.74. The predicted octanol–water partition coefficient (Wildman–Crippen LogP) is 5.03. The SMILES string of the molecule is ClC1=NC/C=C\C(Br)=C/CC=C1Cc1ccccc1. The number of halogens is 2. The molecule has 0 radical (unpaired) electrons. The van der Waals surface area contributed by atoms with Gasteiger partial charge in [-0.25, -0.2) is 0 Å². The molecular formula is C16H15BrClN. The van der Waals surface area contributed by atoms with Crippen molar-refractivity contribution in [2.45, 2.75) is 12.8 Å². The maximum absolute atomic E-state index is 6.29. The molecule has 98 valence electrons. The first-order valence-electron chi connectivity index (χ1n) is 6.21. The topological polar surface area (TPSA) is 12.4 Å². The molecule has 0 unspecified atom stereocenters. The summed E-state index contributed by atoms with van der Waals surface area (Å²) in [5.74, 6) is 0. The quantitative estimate of drug-likeness (QED) is 0.718. The second-order valence-electron chi connectivity index (χ2n) is 4.25. The van der Waals surface area contributed by atoms with Gasteiger partial charge in [0.15, 0.2) is 0 Å². The van der Waals surface area contributed by atoms with Crippen molar-refractivity contribution in [3.8, 4) is 0 Å². The summed E-state index contributed by atoms with van der Waals surface area (Å²) in [5, 5.41) is 0.611. The molecule has 3 heteroatoms. The number of hydrogen-bond donors (Lipinski definition) is 0. The molecule has 0 N–H and O–H groups in total. The highest BCUT2D eigenvalue weighted by Crippen LogP contribution is 2.16. The summed E-state index contributed by atoms with van der Waals surface area (Å²) in [7, 11) is 0. The van der Waals surface area contributed by atoms with Crippen molar-refractivity contribution >= 4 is 32.7 Å². The molecule has 0 bridgehead atoms. The fourth-order valence-corrected chi connectivity index (χ4v) is 2.41. The Morgan fingerprint density at radius 2 is 1.95 bits per heavy atom. The van der Waals surface area contributed by atoms with Crippen LogP contribution in [0.1, 0.15) is 12.0 Å². The summed E-state index contributed by atoms with van der Waals surface area (Å²) < 4.78 is 1.08. The Hall–Kier alpha value is -1.12. The Bertz CT molecular complexity index is 541. The summed E-state index contributed by atoms with van der Waals surface area (Å²) in [6.45, 7) is 0.605. The maximum atomic E-state index is 6.29. The normalized spacial score (nSPS) is 20.8. The average Bonchev–Trinajstić information content (AvgIpc) is 2.43. The zero-order chi connectivity index (χ0) is 13.5. The van der Waals surface area contributed by atoms with Crippen LogP contribution in [-0.2, 0) is 6.42 Å². The maximum Gasteiger partial charge on any atom is 0.127 e. The van der Waals surface area contributed by atoms with Gasteiger partial charge < -0.3 is 0 Å². The van der Waals surface area contributed by atoms with E-state index < -0.39 is 0 Å². The minimum Gasteiger partial charge on any atom is -0.269 e. The molecule has 0 spiro atoms. The van der Waals surface area contributed by atoms with E-state index in [4.69, 9.17) is 11.6 Å². The van der Waals surface area contributed by atoms with Crippen molar-refractivity contribution in [1.29, 1.82) is 0 Å². The van der Waals surface area contributed by atoms with Crippen LogP contribution in [0.15, 0.2) is 69.7 Å². The lowest BCUT2D eigenvalue weighted by molar-refractivity contribution is 1.17. The summed E-state index contributed by atoms with van der Waals surface area (Å²) in [4.78, 5) is 4.38. The van der Waals surface area contributed by atoms with Gasteiger partial charge in [-0.2, -0.15) is 0 Å². The van der Waals surface area contributed by atoms with E-state index in [0.29, 0.717) is 11.7 Å². The van der Waals surface area contributed by atoms with Gasteiger partial charge in [0.25, 0.3) is 0 Å². The van der Waals surface area contributed by atoms with Crippen molar-refractivity contribution in [2.75, 3.05) is 6.54 Å². The minimum atomic E-state index is 0.605. The first-order chi connectivity index (χ1) is 9.25. The van der Waals surface area contributed by atoms with Crippen molar-refractivity contribution in [1.82, 2.24) is 0 Å². The largest absolute Gasteiger partial charge is 0.269 e. The van der Waals surface area contributed by atoms with Crippen LogP contribution in [0.25, 0.3) is 0 Å². The molecule has 0 amide bonds. The molecule has 1 aromatic carbocycles. The standard InChI is InChI=1S/C16H15BrClN/c17-15-9-4-8-14(16(18)19-11-5-10-15)12-13-6-2-1-3-7-13/h1-3,5-10H,4,11-12H2/b10-5-,14-8?,15-9+,19-16?. The zero-order valence-corrected chi connectivity index (χ0v) is 12.9. The Labute approximate surface area is 127 Å². The first kappa shape index (κ1) is 14.3. The molecule has 0 saturated heterocycles. The van der Waals surface area contributed by atoms with Crippen LogP contribution in [0.2, 0.25) is 0 Å². The van der Waals surface area contributed by atoms with E-state index in [2.05, 4.69) is 45.2 Å². The van der Waals surface area contributed by atoms with Gasteiger partial charge in [-0.3, -0.25) is 4.99 Å². The number of benzene rings is 1. The second kappa shape index (κ2) is 7.46. The van der Waals surface area contributed by atoms with E-state index in [0.717, 1.165) is 22.9 Å². The van der Waals surface area contributed by atoms with E-state index in [1.54, 1.807) is 0 Å². The third kappa shape index (κ3) is 4.81. The molecule has 0 aliphatic carbocycles. The van der Waals surface area contributed by atoms with E-state index in [1.165, 1.54) is 5.56 Å². The van der Waals surface area contributed by atoms with Crippen molar-refractivity contribution in [3.63, 3.8) is 0 Å². The minimum absolute atomic E-state index is 0.605. The van der Waals surface area contributed by atoms with Crippen LogP contribution in [0.4, 0.5) is 0 Å². The summed E-state index contributed by atoms with van der Waals surface area (Å²) in [6.07, 6.45) is 9.92. The number of nitrogens with zero attached hydrogens (tertiary/aromatic N) is 1. The predicted molar refractivity (Wildman–Crippen MR) is 87.2 cm³/mol. The smallest absolute Gasteiger partial charge is 0.127 e. The monoisotopic (exact) mass is 335 g/mol. The molecule has 2 rings (SSSR count). The molecule has 1 aliphatic heterocycles. The number of allylic oxidation sites excluding steroid dienone is 5. The molecule has 19 heavy (non-hydrogen) atoms. The lowest BCUT2D eigenvalue weighted by atomic mass is 10.0. The van der Waals surface area contributed by atoms with Crippen LogP contribution in [0, 0.1) is 0 Å². The lowest BCUT2D eigenvalue weighted by Crippen LogP contribution is -2.00. The van der Waals surface area contributed by atoms with E-state index in [-0.39, 0.29) is 0 Å². The van der Waals surface area contributed by atoms with Crippen LogP contribution in [0.5, 0.6) is 0 Å². The van der Waals surface area contributed by atoms with Crippen LogP contribution in [-0.4, -0.2) is 11.7 Å². The fourth-order valence-electron chi connectivity index (χ4n) is 1.83. The van der Waals surface area contributed by atoms with E-state index in [9.17, 15) is 0 Å². The molecule has 1 nitrogen and oxygen atoms in total. The van der Waals surface area contributed by atoms with Gasteiger partial charge >= 0.3 is 0 Å². The summed E-state index contributed by atoms with van der Waals surface area (Å²) in [5.41, 5.74) is 2.33. The summed E-state index contributed by atoms with van der Waals surface area (Å²) >= 11 is 9.79. The summed E-state index contributed by atoms with van der Waals surface area (Å²) in [6, 6.07) is 10.3. The van der Waals surface area contributed by atoms with Gasteiger partial charge in [-0.1, -0.05) is 82.2 Å². The highest BCUT2D eigenvalue weighted by Gasteiger charge is 2.05. The molecule has 0 aromatic heterocycles. The fraction of sp³-hybridized carbons (Fsp3) is 0.188. The highest BCUT2D eigenvalue weighted by atomic mass is 79.9. The molecular weight excluding hydrogens is 322 g/mol. The number of rotatable bonds is 2. The van der Waals surface area contributed by atoms with Crippen LogP contribution in [0.3, 0.4) is 0 Å². The van der Waals surface area contributed by atoms with Crippen LogP contribution >= 0.6 is 27.5 Å². The van der Waals surface area contributed by atoms with Crippen molar-refractivity contribution < 1.29 is 0 Å². The first-order valence-corrected chi connectivity index (χ1v) is 7.38. The van der Waals surface area contributed by atoms with Gasteiger partial charge in [-0.05, 0) is 17.6 Å². The molecule has 0 saturated carbocycles. The molecule has 0 atom stereocenters. The number of hydrogen-bond acceptors (Lipinski definition) is 1. The van der Waals surface area contributed by atoms with Gasteiger partial charge in [0.05, 0.1) is 6.54 Å². The van der Waals surface area contributed by atoms with Gasteiger partial charge in [0, 0.05) is 10.9 Å². The second-order valence-corrected chi connectivity index (χ2v) is 5.52. The average molecular weight is 337 g/mol. The molecule has 0 fully saturated rings. The Morgan fingerprint density at radius 1 is 1.16 bits per heavy atom. The van der Waals surface area contributed by atoms with Crippen molar-refractivity contribution in [3.05, 3.63) is 70.3 Å². The Morgan fingerprint density at radius 3 is 2.74 bits per heavy atom. The lowest BCUT2D eigenvalue weighted by Gasteiger charge is -2.07. The van der Waals surface area contributed by atoms with Gasteiger partial charge in [0.1, 0.15) is 5.17 Å². The molecule has 1 aromatic rings. The zero-order valence-electron chi connectivity index (χ0n) is 10.5. The van der Waals surface area contributed by atoms with Crippen molar-refractivity contribution in [2.24, 2.45) is 4.99 Å². The Balaban J connectivity index is 2.20. The van der Waals surface area contributed by atoms with E-state index in [1.807, 2.05) is 30.4 Å². The molecule has 1 heterocycles. The van der Waals surface area contributed by atoms with Gasteiger partial charge in [0.2, 0.25) is 0 Å². The Kier molecular flexibility index (Phi) is 5.62. The molecule has 1 aliphatic rings. The van der Waals surface area contributed by atoms with E-state index >= 15 is 0 Å². The van der Waals surface area contributed by atoms with Crippen LogP contribution < -0.4 is 0 Å². The number of aliphatic imine (C=N–C) groups is 1. The highest BCUT2D eigenvalue weighted by molar-refractivity contribution is 9.11. The third-order valence-electron chi connectivity index (χ3n) is 2.79. The van der Waals surface area contributed by atoms with Gasteiger partial charge in [-0.15, -0.1) is 0 Å².